The molecule has 30 heavy (non-hydrogen) atoms. The monoisotopic (exact) mass is 399 g/mol. The summed E-state index contributed by atoms with van der Waals surface area (Å²) in [6.45, 7) is 0. The van der Waals surface area contributed by atoms with Crippen molar-refractivity contribution in [2.45, 2.75) is 0 Å². The van der Waals surface area contributed by atoms with Crippen molar-refractivity contribution in [1.82, 2.24) is 15.0 Å². The number of ether oxygens (including phenoxy) is 3. The van der Waals surface area contributed by atoms with E-state index >= 15 is 0 Å². The lowest BCUT2D eigenvalue weighted by Crippen LogP contribution is -1.96. The number of nitrogens with zero attached hydrogens (tertiary/aromatic N) is 1. The summed E-state index contributed by atoms with van der Waals surface area (Å²) in [5.74, 6) is 2.61. The zero-order chi connectivity index (χ0) is 20.7. The number of nitrogens with one attached hydrogen (secondary N) is 2. The summed E-state index contributed by atoms with van der Waals surface area (Å²) < 4.78 is 16.5. The number of fused-ring (bicyclic) bond motifs is 2. The predicted molar refractivity (Wildman–Crippen MR) is 118 cm³/mol. The van der Waals surface area contributed by atoms with E-state index in [-0.39, 0.29) is 0 Å². The van der Waals surface area contributed by atoms with Gasteiger partial charge in [-0.15, -0.1) is 0 Å². The topological polar surface area (TPSA) is 72.2 Å². The molecule has 2 N–H and O–H groups in total. The van der Waals surface area contributed by atoms with Crippen LogP contribution in [0.5, 0.6) is 17.2 Å². The Bertz CT molecular complexity index is 1340. The summed E-state index contributed by atoms with van der Waals surface area (Å²) in [4.78, 5) is 11.6. The highest BCUT2D eigenvalue weighted by Crippen LogP contribution is 2.42. The van der Waals surface area contributed by atoms with E-state index in [0.29, 0.717) is 17.2 Å². The van der Waals surface area contributed by atoms with E-state index in [0.717, 1.165) is 44.5 Å². The Morgan fingerprint density at radius 1 is 0.767 bits per heavy atom. The second-order valence-electron chi connectivity index (χ2n) is 6.98. The van der Waals surface area contributed by atoms with Gasteiger partial charge in [-0.25, -0.2) is 4.98 Å². The molecule has 0 radical (unpaired) electrons. The predicted octanol–water partition coefficient (Wildman–Crippen LogP) is 5.40. The van der Waals surface area contributed by atoms with E-state index in [1.807, 2.05) is 36.5 Å². The van der Waals surface area contributed by atoms with Crippen LogP contribution in [-0.4, -0.2) is 36.3 Å². The fourth-order valence-corrected chi connectivity index (χ4v) is 3.84. The third-order valence-corrected chi connectivity index (χ3v) is 5.32. The third-order valence-electron chi connectivity index (χ3n) is 5.32. The maximum atomic E-state index is 5.52. The number of aromatic nitrogens is 3. The molecular formula is C24H21N3O3. The van der Waals surface area contributed by atoms with E-state index in [1.54, 1.807) is 21.3 Å². The summed E-state index contributed by atoms with van der Waals surface area (Å²) in [6.07, 6.45) is 1.94. The van der Waals surface area contributed by atoms with Crippen LogP contribution in [0.2, 0.25) is 0 Å². The fourth-order valence-electron chi connectivity index (χ4n) is 3.84. The molecule has 3 aromatic carbocycles. The van der Waals surface area contributed by atoms with E-state index in [2.05, 4.69) is 34.2 Å². The molecule has 0 bridgehead atoms. The van der Waals surface area contributed by atoms with Gasteiger partial charge in [0.15, 0.2) is 11.5 Å². The van der Waals surface area contributed by atoms with E-state index in [9.17, 15) is 0 Å². The maximum Gasteiger partial charge on any atom is 0.203 e. The van der Waals surface area contributed by atoms with Crippen molar-refractivity contribution in [1.29, 1.82) is 0 Å². The van der Waals surface area contributed by atoms with Crippen molar-refractivity contribution in [3.8, 4) is 39.8 Å². The van der Waals surface area contributed by atoms with Crippen molar-refractivity contribution < 1.29 is 14.2 Å². The van der Waals surface area contributed by atoms with Crippen LogP contribution in [0.4, 0.5) is 0 Å². The lowest BCUT2D eigenvalue weighted by atomic mass is 10.0. The molecule has 0 fully saturated rings. The van der Waals surface area contributed by atoms with Crippen molar-refractivity contribution in [2.75, 3.05) is 21.3 Å². The van der Waals surface area contributed by atoms with Gasteiger partial charge >= 0.3 is 0 Å². The first-order valence-corrected chi connectivity index (χ1v) is 9.58. The van der Waals surface area contributed by atoms with Crippen molar-refractivity contribution in [2.24, 2.45) is 0 Å². The zero-order valence-electron chi connectivity index (χ0n) is 16.9. The number of para-hydroxylation sites is 1. The average Bonchev–Trinajstić information content (AvgIpc) is 3.43. The number of rotatable bonds is 5. The molecule has 0 amide bonds. The molecular weight excluding hydrogens is 378 g/mol. The first-order chi connectivity index (χ1) is 14.7. The van der Waals surface area contributed by atoms with E-state index < -0.39 is 0 Å². The largest absolute Gasteiger partial charge is 0.493 e. The number of aromatic amines is 2. The molecule has 5 rings (SSSR count). The molecule has 0 spiro atoms. The lowest BCUT2D eigenvalue weighted by Gasteiger charge is -2.14. The Morgan fingerprint density at radius 3 is 2.30 bits per heavy atom. The number of hydrogen-bond donors (Lipinski definition) is 2. The van der Waals surface area contributed by atoms with Gasteiger partial charge < -0.3 is 24.2 Å². The van der Waals surface area contributed by atoms with E-state index in [1.165, 1.54) is 0 Å². The maximum absolute atomic E-state index is 5.52. The number of hydrogen-bond acceptors (Lipinski definition) is 4. The quantitative estimate of drug-likeness (QED) is 0.415. The van der Waals surface area contributed by atoms with Crippen LogP contribution in [0.1, 0.15) is 0 Å². The molecule has 0 aliphatic carbocycles. The zero-order valence-corrected chi connectivity index (χ0v) is 16.9. The second kappa shape index (κ2) is 7.15. The summed E-state index contributed by atoms with van der Waals surface area (Å²) in [5.41, 5.74) is 5.91. The molecule has 0 saturated carbocycles. The Balaban J connectivity index is 1.67. The van der Waals surface area contributed by atoms with Gasteiger partial charge in [0.2, 0.25) is 5.75 Å². The van der Waals surface area contributed by atoms with Gasteiger partial charge in [-0.05, 0) is 48.0 Å². The Hall–Kier alpha value is -3.93. The van der Waals surface area contributed by atoms with Crippen LogP contribution < -0.4 is 14.2 Å². The first-order valence-electron chi connectivity index (χ1n) is 9.58. The normalized spacial score (nSPS) is 11.2. The third kappa shape index (κ3) is 2.85. The van der Waals surface area contributed by atoms with Crippen molar-refractivity contribution in [3.63, 3.8) is 0 Å². The molecule has 0 atom stereocenters. The number of H-pyrrole nitrogens is 2. The summed E-state index contributed by atoms with van der Waals surface area (Å²) in [5, 5.41) is 1.15. The smallest absolute Gasteiger partial charge is 0.203 e. The number of imidazole rings is 1. The Morgan fingerprint density at radius 2 is 1.57 bits per heavy atom. The molecule has 5 aromatic rings. The minimum absolute atomic E-state index is 0.568. The van der Waals surface area contributed by atoms with Gasteiger partial charge in [0, 0.05) is 28.2 Å². The Kier molecular flexibility index (Phi) is 4.32. The highest BCUT2D eigenvalue weighted by Gasteiger charge is 2.17. The summed E-state index contributed by atoms with van der Waals surface area (Å²) in [6, 6.07) is 18.3. The highest BCUT2D eigenvalue weighted by atomic mass is 16.5. The van der Waals surface area contributed by atoms with Crippen molar-refractivity contribution in [3.05, 3.63) is 60.8 Å². The van der Waals surface area contributed by atoms with Crippen LogP contribution in [0, 0.1) is 0 Å². The minimum Gasteiger partial charge on any atom is -0.493 e. The highest BCUT2D eigenvalue weighted by molar-refractivity contribution is 5.95. The van der Waals surface area contributed by atoms with Gasteiger partial charge in [0.25, 0.3) is 0 Å². The molecule has 2 heterocycles. The molecule has 150 valence electrons. The van der Waals surface area contributed by atoms with Crippen LogP contribution in [0.25, 0.3) is 44.5 Å². The van der Waals surface area contributed by atoms with Gasteiger partial charge in [-0.1, -0.05) is 12.1 Å². The number of benzene rings is 3. The van der Waals surface area contributed by atoms with Crippen LogP contribution in [0.15, 0.2) is 60.8 Å². The van der Waals surface area contributed by atoms with Gasteiger partial charge in [0.1, 0.15) is 5.82 Å². The molecule has 0 aliphatic heterocycles. The average molecular weight is 399 g/mol. The summed E-state index contributed by atoms with van der Waals surface area (Å²) in [7, 11) is 4.83. The van der Waals surface area contributed by atoms with Gasteiger partial charge in [0.05, 0.1) is 32.4 Å². The van der Waals surface area contributed by atoms with Gasteiger partial charge in [-0.2, -0.15) is 0 Å². The SMILES string of the molecule is COc1cc(-c2cccc3[nH]c(-c4ccc5[nH]ccc5c4)nc23)cc(OC)c1OC. The molecule has 6 heteroatoms. The Labute approximate surface area is 173 Å². The molecule has 0 saturated heterocycles. The fraction of sp³-hybridized carbons (Fsp3) is 0.125. The lowest BCUT2D eigenvalue weighted by molar-refractivity contribution is 0.324. The molecule has 0 unspecified atom stereocenters. The molecule has 2 aromatic heterocycles. The van der Waals surface area contributed by atoms with Crippen LogP contribution >= 0.6 is 0 Å². The number of methoxy groups -OCH3 is 3. The van der Waals surface area contributed by atoms with Crippen molar-refractivity contribution >= 4 is 21.9 Å². The van der Waals surface area contributed by atoms with Gasteiger partial charge in [-0.3, -0.25) is 0 Å². The van der Waals surface area contributed by atoms with Crippen LogP contribution in [-0.2, 0) is 0 Å². The minimum atomic E-state index is 0.568. The molecule has 0 aliphatic rings. The summed E-state index contributed by atoms with van der Waals surface area (Å²) >= 11 is 0. The molecule has 6 nitrogen and oxygen atoms in total. The van der Waals surface area contributed by atoms with E-state index in [4.69, 9.17) is 19.2 Å². The van der Waals surface area contributed by atoms with Crippen LogP contribution in [0.3, 0.4) is 0 Å². The standard InChI is InChI=1S/C24H21N3O3/c1-28-20-12-16(13-21(29-2)23(20)30-3)17-5-4-6-19-22(17)27-24(26-19)15-7-8-18-14(11-15)9-10-25-18/h4-13,25H,1-3H3,(H,26,27). The first kappa shape index (κ1) is 18.1. The second-order valence-corrected chi connectivity index (χ2v) is 6.98.